The zero-order chi connectivity index (χ0) is 26.9. The first-order chi connectivity index (χ1) is 18.4. The molecule has 1 amide bonds. The fourth-order valence-electron chi connectivity index (χ4n) is 4.36. The number of pyridine rings is 1. The molecule has 1 atom stereocenters. The maximum absolute atomic E-state index is 12.9. The summed E-state index contributed by atoms with van der Waals surface area (Å²) in [6.45, 7) is 4.59. The second-order valence-electron chi connectivity index (χ2n) is 9.03. The van der Waals surface area contributed by atoms with Gasteiger partial charge in [0.1, 0.15) is 24.3 Å². The Hall–Kier alpha value is -4.41. The number of carboxylic acid groups (broad SMARTS) is 1. The fraction of sp³-hybridized carbons (Fsp3) is 0.370. The number of aromatic nitrogens is 3. The Labute approximate surface area is 220 Å². The van der Waals surface area contributed by atoms with Crippen molar-refractivity contribution in [2.75, 3.05) is 36.0 Å². The predicted octanol–water partition coefficient (Wildman–Crippen LogP) is 2.30. The maximum Gasteiger partial charge on any atom is 0.408 e. The highest BCUT2D eigenvalue weighted by Gasteiger charge is 2.25. The van der Waals surface area contributed by atoms with Crippen LogP contribution < -0.4 is 20.8 Å². The molecule has 11 nitrogen and oxygen atoms in total. The molecule has 1 aliphatic rings. The van der Waals surface area contributed by atoms with Gasteiger partial charge in [-0.05, 0) is 24.1 Å². The Balaban J connectivity index is 1.44. The average molecular weight is 521 g/mol. The summed E-state index contributed by atoms with van der Waals surface area (Å²) in [7, 11) is 0. The molecule has 1 aliphatic heterocycles. The lowest BCUT2D eigenvalue weighted by Crippen LogP contribution is -2.48. The normalized spacial score (nSPS) is 14.1. The number of hydrogen-bond acceptors (Lipinski definition) is 8. The molecule has 2 aromatic heterocycles. The number of piperazine rings is 1. The number of carbonyl (C=O) groups excluding carboxylic acids is 1. The van der Waals surface area contributed by atoms with E-state index in [4.69, 9.17) is 4.74 Å². The van der Waals surface area contributed by atoms with E-state index in [1.807, 2.05) is 43.3 Å². The Morgan fingerprint density at radius 3 is 2.42 bits per heavy atom. The Bertz CT molecular complexity index is 1280. The SMILES string of the molecule is CCCc1cn(C[C@H](NC(=O)OCc2ccccc2)C(=O)O)c(=O)nc1N1CCN(c2ccccn2)CC1. The molecule has 1 aromatic carbocycles. The number of rotatable bonds is 10. The van der Waals surface area contributed by atoms with Gasteiger partial charge in [0.25, 0.3) is 0 Å². The molecule has 0 saturated carbocycles. The Morgan fingerprint density at radius 2 is 1.76 bits per heavy atom. The van der Waals surface area contributed by atoms with Gasteiger partial charge in [-0.1, -0.05) is 49.7 Å². The molecule has 2 N–H and O–H groups in total. The summed E-state index contributed by atoms with van der Waals surface area (Å²) in [6, 6.07) is 13.5. The second-order valence-corrected chi connectivity index (χ2v) is 9.03. The average Bonchev–Trinajstić information content (AvgIpc) is 2.94. The van der Waals surface area contributed by atoms with Gasteiger partial charge in [0.2, 0.25) is 0 Å². The summed E-state index contributed by atoms with van der Waals surface area (Å²) < 4.78 is 6.39. The number of aryl methyl sites for hydroxylation is 1. The van der Waals surface area contributed by atoms with E-state index in [1.54, 1.807) is 24.5 Å². The zero-order valence-electron chi connectivity index (χ0n) is 21.3. The lowest BCUT2D eigenvalue weighted by molar-refractivity contribution is -0.139. The van der Waals surface area contributed by atoms with Crippen molar-refractivity contribution in [1.29, 1.82) is 0 Å². The number of nitrogens with one attached hydrogen (secondary N) is 1. The summed E-state index contributed by atoms with van der Waals surface area (Å²) >= 11 is 0. The van der Waals surface area contributed by atoms with Crippen molar-refractivity contribution >= 4 is 23.7 Å². The van der Waals surface area contributed by atoms with Gasteiger partial charge < -0.3 is 25.0 Å². The summed E-state index contributed by atoms with van der Waals surface area (Å²) in [5.74, 6) is 0.259. The minimum absolute atomic E-state index is 0.00343. The van der Waals surface area contributed by atoms with Crippen LogP contribution in [0.25, 0.3) is 0 Å². The Morgan fingerprint density at radius 1 is 1.05 bits per heavy atom. The molecule has 0 bridgehead atoms. The maximum atomic E-state index is 12.9. The third-order valence-corrected chi connectivity index (χ3v) is 6.30. The summed E-state index contributed by atoms with van der Waals surface area (Å²) in [5.41, 5.74) is 1.06. The standard InChI is InChI=1S/C27H32N6O5/c1-2-8-21-17-33(18-22(25(34)35)29-27(37)38-19-20-9-4-3-5-10-20)26(36)30-24(21)32-15-13-31(14-16-32)23-11-6-7-12-28-23/h3-7,9-12,17,22H,2,8,13-16,18-19H2,1H3,(H,29,37)(H,34,35)/t22-/m0/s1. The van der Waals surface area contributed by atoms with Crippen LogP contribution in [-0.4, -0.2) is 63.9 Å². The summed E-state index contributed by atoms with van der Waals surface area (Å²) in [5, 5.41) is 12.0. The molecular formula is C27H32N6O5. The lowest BCUT2D eigenvalue weighted by atomic mass is 10.1. The molecule has 0 radical (unpaired) electrons. The number of benzene rings is 1. The van der Waals surface area contributed by atoms with E-state index in [-0.39, 0.29) is 13.2 Å². The van der Waals surface area contributed by atoms with Crippen molar-refractivity contribution in [3.8, 4) is 0 Å². The number of carbonyl (C=O) groups is 2. The Kier molecular flexibility index (Phi) is 8.91. The smallest absolute Gasteiger partial charge is 0.408 e. The van der Waals surface area contributed by atoms with Gasteiger partial charge >= 0.3 is 17.8 Å². The summed E-state index contributed by atoms with van der Waals surface area (Å²) in [4.78, 5) is 50.1. The largest absolute Gasteiger partial charge is 0.480 e. The van der Waals surface area contributed by atoms with E-state index in [9.17, 15) is 19.5 Å². The van der Waals surface area contributed by atoms with E-state index in [2.05, 4.69) is 25.1 Å². The minimum Gasteiger partial charge on any atom is -0.480 e. The molecule has 1 saturated heterocycles. The molecule has 3 heterocycles. The highest BCUT2D eigenvalue weighted by molar-refractivity contribution is 5.79. The van der Waals surface area contributed by atoms with Gasteiger partial charge in [0.05, 0.1) is 6.54 Å². The molecule has 4 rings (SSSR count). The van der Waals surface area contributed by atoms with Crippen LogP contribution in [0, 0.1) is 0 Å². The van der Waals surface area contributed by atoms with E-state index in [0.717, 1.165) is 36.5 Å². The molecule has 38 heavy (non-hydrogen) atoms. The van der Waals surface area contributed by atoms with Crippen LogP contribution in [0.3, 0.4) is 0 Å². The van der Waals surface area contributed by atoms with Crippen molar-refractivity contribution in [1.82, 2.24) is 19.9 Å². The van der Waals surface area contributed by atoms with Crippen molar-refractivity contribution < 1.29 is 19.4 Å². The zero-order valence-corrected chi connectivity index (χ0v) is 21.3. The van der Waals surface area contributed by atoms with Crippen molar-refractivity contribution in [3.05, 3.63) is 82.5 Å². The van der Waals surface area contributed by atoms with Gasteiger partial charge in [0.15, 0.2) is 0 Å². The van der Waals surface area contributed by atoms with Gasteiger partial charge in [-0.2, -0.15) is 4.98 Å². The van der Waals surface area contributed by atoms with Crippen LogP contribution in [0.1, 0.15) is 24.5 Å². The molecule has 3 aromatic rings. The van der Waals surface area contributed by atoms with Crippen LogP contribution in [0.4, 0.5) is 16.4 Å². The van der Waals surface area contributed by atoms with Crippen LogP contribution >= 0.6 is 0 Å². The molecule has 0 unspecified atom stereocenters. The predicted molar refractivity (Wildman–Crippen MR) is 142 cm³/mol. The molecule has 11 heteroatoms. The molecule has 1 fully saturated rings. The number of anilines is 2. The van der Waals surface area contributed by atoms with Gasteiger partial charge in [-0.3, -0.25) is 4.57 Å². The number of ether oxygens (including phenoxy) is 1. The van der Waals surface area contributed by atoms with E-state index in [0.29, 0.717) is 25.3 Å². The first-order valence-corrected chi connectivity index (χ1v) is 12.7. The van der Waals surface area contributed by atoms with E-state index >= 15 is 0 Å². The van der Waals surface area contributed by atoms with Crippen LogP contribution in [0.2, 0.25) is 0 Å². The molecule has 200 valence electrons. The first-order valence-electron chi connectivity index (χ1n) is 12.7. The number of amides is 1. The lowest BCUT2D eigenvalue weighted by Gasteiger charge is -2.36. The molecule has 0 aliphatic carbocycles. The van der Waals surface area contributed by atoms with Gasteiger partial charge in [0, 0.05) is 44.1 Å². The van der Waals surface area contributed by atoms with E-state index < -0.39 is 23.8 Å². The summed E-state index contributed by atoms with van der Waals surface area (Å²) in [6.07, 6.45) is 4.05. The quantitative estimate of drug-likeness (QED) is 0.414. The van der Waals surface area contributed by atoms with Gasteiger partial charge in [-0.15, -0.1) is 0 Å². The van der Waals surface area contributed by atoms with Crippen LogP contribution in [0.5, 0.6) is 0 Å². The van der Waals surface area contributed by atoms with Crippen molar-refractivity contribution in [2.45, 2.75) is 39.0 Å². The third kappa shape index (κ3) is 6.87. The van der Waals surface area contributed by atoms with Crippen LogP contribution in [-0.2, 0) is 29.1 Å². The highest BCUT2D eigenvalue weighted by atomic mass is 16.5. The van der Waals surface area contributed by atoms with Gasteiger partial charge in [-0.25, -0.2) is 19.4 Å². The number of aliphatic carboxylic acids is 1. The topological polar surface area (TPSA) is 130 Å². The number of alkyl carbamates (subject to hydrolysis) is 1. The monoisotopic (exact) mass is 520 g/mol. The highest BCUT2D eigenvalue weighted by Crippen LogP contribution is 2.21. The fourth-order valence-corrected chi connectivity index (χ4v) is 4.36. The molecular weight excluding hydrogens is 488 g/mol. The number of nitrogens with zero attached hydrogens (tertiary/aromatic N) is 5. The van der Waals surface area contributed by atoms with Crippen molar-refractivity contribution in [2.24, 2.45) is 0 Å². The number of hydrogen-bond donors (Lipinski definition) is 2. The number of carboxylic acids is 1. The third-order valence-electron chi connectivity index (χ3n) is 6.30. The first kappa shape index (κ1) is 26.6. The van der Waals surface area contributed by atoms with Crippen LogP contribution in [0.15, 0.2) is 65.7 Å². The van der Waals surface area contributed by atoms with E-state index in [1.165, 1.54) is 4.57 Å². The minimum atomic E-state index is -1.36. The molecule has 0 spiro atoms. The second kappa shape index (κ2) is 12.7. The van der Waals surface area contributed by atoms with Crippen molar-refractivity contribution in [3.63, 3.8) is 0 Å².